The Morgan fingerprint density at radius 2 is 1.72 bits per heavy atom. The van der Waals surface area contributed by atoms with Crippen molar-refractivity contribution in [3.8, 4) is 5.75 Å². The van der Waals surface area contributed by atoms with Crippen molar-refractivity contribution in [2.45, 2.75) is 84.5 Å². The zero-order chi connectivity index (χ0) is 29.2. The summed E-state index contributed by atoms with van der Waals surface area (Å²) in [6, 6.07) is 11.4. The Balaban J connectivity index is 2.52. The van der Waals surface area contributed by atoms with Crippen LogP contribution in [0.2, 0.25) is 0 Å². The zero-order valence-electron chi connectivity index (χ0n) is 23.9. The minimum Gasteiger partial charge on any atom is -0.508 e. The highest BCUT2D eigenvalue weighted by Crippen LogP contribution is 2.25. The highest BCUT2D eigenvalue weighted by Gasteiger charge is 2.36. The maximum atomic E-state index is 14.1. The van der Waals surface area contributed by atoms with E-state index in [0.717, 1.165) is 18.4 Å². The first-order valence-electron chi connectivity index (χ1n) is 13.4. The molecule has 0 aliphatic heterocycles. The van der Waals surface area contributed by atoms with Crippen LogP contribution in [-0.2, 0) is 20.7 Å². The van der Waals surface area contributed by atoms with Gasteiger partial charge in [0.15, 0.2) is 0 Å². The molecule has 2 rings (SSSR count). The molecule has 9 heteroatoms. The first kappa shape index (κ1) is 31.6. The lowest BCUT2D eigenvalue weighted by Gasteiger charge is -2.35. The lowest BCUT2D eigenvalue weighted by molar-refractivity contribution is -0.143. The summed E-state index contributed by atoms with van der Waals surface area (Å²) in [4.78, 5) is 41.9. The molecular weight excluding hydrogens is 498 g/mol. The molecule has 0 aromatic heterocycles. The van der Waals surface area contributed by atoms with Gasteiger partial charge in [-0.2, -0.15) is 0 Å². The predicted molar refractivity (Wildman–Crippen MR) is 150 cm³/mol. The van der Waals surface area contributed by atoms with E-state index in [4.69, 9.17) is 4.74 Å². The topological polar surface area (TPSA) is 128 Å². The van der Waals surface area contributed by atoms with Crippen molar-refractivity contribution < 1.29 is 29.3 Å². The summed E-state index contributed by atoms with van der Waals surface area (Å²) in [5.41, 5.74) is 1.40. The van der Waals surface area contributed by atoms with Crippen molar-refractivity contribution in [1.29, 1.82) is 0 Å². The number of amides is 3. The van der Waals surface area contributed by atoms with E-state index in [1.165, 1.54) is 17.0 Å². The lowest BCUT2D eigenvalue weighted by atomic mass is 9.98. The highest BCUT2D eigenvalue weighted by molar-refractivity contribution is 5.92. The molecule has 0 radical (unpaired) electrons. The Morgan fingerprint density at radius 3 is 2.28 bits per heavy atom. The van der Waals surface area contributed by atoms with Crippen LogP contribution in [0.1, 0.15) is 70.2 Å². The summed E-state index contributed by atoms with van der Waals surface area (Å²) in [5, 5.41) is 25.3. The molecule has 0 aliphatic carbocycles. The maximum Gasteiger partial charge on any atom is 0.408 e. The van der Waals surface area contributed by atoms with E-state index in [1.54, 1.807) is 39.0 Å². The van der Waals surface area contributed by atoms with Gasteiger partial charge in [-0.25, -0.2) is 4.79 Å². The Labute approximate surface area is 231 Å². The van der Waals surface area contributed by atoms with E-state index < -0.39 is 29.7 Å². The van der Waals surface area contributed by atoms with Crippen LogP contribution in [-0.4, -0.2) is 63.9 Å². The van der Waals surface area contributed by atoms with E-state index >= 15 is 0 Å². The van der Waals surface area contributed by atoms with Crippen molar-refractivity contribution in [2.75, 3.05) is 13.2 Å². The second-order valence-electron chi connectivity index (χ2n) is 10.8. The van der Waals surface area contributed by atoms with Crippen molar-refractivity contribution in [3.05, 3.63) is 65.2 Å². The molecule has 3 amide bonds. The molecular formula is C30H43N3O6. The Morgan fingerprint density at radius 1 is 1.05 bits per heavy atom. The van der Waals surface area contributed by atoms with Crippen LogP contribution in [0.4, 0.5) is 4.79 Å². The quantitative estimate of drug-likeness (QED) is 0.322. The van der Waals surface area contributed by atoms with Crippen LogP contribution in [0.5, 0.6) is 5.75 Å². The van der Waals surface area contributed by atoms with Gasteiger partial charge in [-0.3, -0.25) is 9.59 Å². The summed E-state index contributed by atoms with van der Waals surface area (Å²) in [7, 11) is 0. The second kappa shape index (κ2) is 14.5. The lowest BCUT2D eigenvalue weighted by Crippen LogP contribution is -2.55. The predicted octanol–water partition coefficient (Wildman–Crippen LogP) is 4.00. The summed E-state index contributed by atoms with van der Waals surface area (Å²) in [6.45, 7) is 10.5. The molecule has 0 saturated carbocycles. The van der Waals surface area contributed by atoms with Crippen LogP contribution in [0.3, 0.4) is 0 Å². The fraction of sp³-hybridized carbons (Fsp3) is 0.500. The second-order valence-corrected chi connectivity index (χ2v) is 10.8. The Hall–Kier alpha value is -3.59. The summed E-state index contributed by atoms with van der Waals surface area (Å²) >= 11 is 0. The van der Waals surface area contributed by atoms with Gasteiger partial charge in [-0.05, 0) is 64.3 Å². The standard InChI is InChI=1S/C30H43N3O6/c1-7-9-21(3)31-27(36)26(23-11-8-10-20(2)18-23)33(16-17-34)28(37)25(32-29(38)39-30(4,5)6)19-22-12-14-24(35)15-13-22/h8,10-15,18,21,25-26,34-35H,7,9,16-17,19H2,1-6H3,(H,31,36)(H,32,38). The monoisotopic (exact) mass is 541 g/mol. The number of aliphatic hydroxyl groups excluding tert-OH is 1. The molecule has 2 aromatic rings. The first-order valence-corrected chi connectivity index (χ1v) is 13.4. The number of nitrogens with one attached hydrogen (secondary N) is 2. The number of aryl methyl sites for hydroxylation is 1. The van der Waals surface area contributed by atoms with E-state index in [0.29, 0.717) is 11.1 Å². The molecule has 3 unspecified atom stereocenters. The average molecular weight is 542 g/mol. The molecule has 0 saturated heterocycles. The third-order valence-corrected chi connectivity index (χ3v) is 6.02. The SMILES string of the molecule is CCCC(C)NC(=O)C(c1cccc(C)c1)N(CCO)C(=O)C(Cc1ccc(O)cc1)NC(=O)OC(C)(C)C. The number of benzene rings is 2. The smallest absolute Gasteiger partial charge is 0.408 e. The number of aromatic hydroxyl groups is 1. The van der Waals surface area contributed by atoms with Crippen molar-refractivity contribution in [2.24, 2.45) is 0 Å². The molecule has 3 atom stereocenters. The number of carbonyl (C=O) groups is 3. The van der Waals surface area contributed by atoms with Crippen LogP contribution >= 0.6 is 0 Å². The van der Waals surface area contributed by atoms with Gasteiger partial charge in [0.2, 0.25) is 11.8 Å². The fourth-order valence-electron chi connectivity index (χ4n) is 4.33. The molecule has 0 spiro atoms. The molecule has 9 nitrogen and oxygen atoms in total. The van der Waals surface area contributed by atoms with Gasteiger partial charge < -0.3 is 30.5 Å². The van der Waals surface area contributed by atoms with Crippen molar-refractivity contribution in [1.82, 2.24) is 15.5 Å². The van der Waals surface area contributed by atoms with Crippen LogP contribution in [0.15, 0.2) is 48.5 Å². The van der Waals surface area contributed by atoms with Crippen LogP contribution < -0.4 is 10.6 Å². The molecule has 39 heavy (non-hydrogen) atoms. The van der Waals surface area contributed by atoms with E-state index in [1.807, 2.05) is 39.0 Å². The van der Waals surface area contributed by atoms with Crippen molar-refractivity contribution >= 4 is 17.9 Å². The molecule has 0 fully saturated rings. The van der Waals surface area contributed by atoms with E-state index in [9.17, 15) is 24.6 Å². The molecule has 0 bridgehead atoms. The number of carbonyl (C=O) groups excluding carboxylic acids is 3. The van der Waals surface area contributed by atoms with Gasteiger partial charge in [-0.15, -0.1) is 0 Å². The van der Waals surface area contributed by atoms with Gasteiger partial charge in [0, 0.05) is 19.0 Å². The van der Waals surface area contributed by atoms with Gasteiger partial charge in [0.25, 0.3) is 0 Å². The normalized spacial score (nSPS) is 13.6. The Bertz CT molecular complexity index is 1100. The van der Waals surface area contributed by atoms with Crippen LogP contribution in [0, 0.1) is 6.92 Å². The summed E-state index contributed by atoms with van der Waals surface area (Å²) in [5.74, 6) is -0.849. The third kappa shape index (κ3) is 10.2. The average Bonchev–Trinajstić information content (AvgIpc) is 2.83. The number of nitrogens with zero attached hydrogens (tertiary/aromatic N) is 1. The molecule has 4 N–H and O–H groups in total. The number of alkyl carbamates (subject to hydrolysis) is 1. The van der Waals surface area contributed by atoms with Crippen molar-refractivity contribution in [3.63, 3.8) is 0 Å². The molecule has 0 heterocycles. The van der Waals surface area contributed by atoms with Gasteiger partial charge in [0.05, 0.1) is 6.61 Å². The van der Waals surface area contributed by atoms with Crippen LogP contribution in [0.25, 0.3) is 0 Å². The Kier molecular flexibility index (Phi) is 11.8. The number of aliphatic hydroxyl groups is 1. The number of phenols is 1. The van der Waals surface area contributed by atoms with E-state index in [2.05, 4.69) is 10.6 Å². The zero-order valence-corrected chi connectivity index (χ0v) is 23.9. The molecule has 0 aliphatic rings. The summed E-state index contributed by atoms with van der Waals surface area (Å²) in [6.07, 6.45) is 0.944. The fourth-order valence-corrected chi connectivity index (χ4v) is 4.33. The minimum atomic E-state index is -1.11. The number of hydrogen-bond donors (Lipinski definition) is 4. The molecule has 214 valence electrons. The molecule has 2 aromatic carbocycles. The maximum absolute atomic E-state index is 14.1. The van der Waals surface area contributed by atoms with Gasteiger partial charge >= 0.3 is 6.09 Å². The third-order valence-electron chi connectivity index (χ3n) is 6.02. The van der Waals surface area contributed by atoms with E-state index in [-0.39, 0.29) is 37.3 Å². The highest BCUT2D eigenvalue weighted by atomic mass is 16.6. The number of ether oxygens (including phenoxy) is 1. The minimum absolute atomic E-state index is 0.0704. The van der Waals surface area contributed by atoms with Gasteiger partial charge in [0.1, 0.15) is 23.4 Å². The summed E-state index contributed by atoms with van der Waals surface area (Å²) < 4.78 is 5.41. The number of phenolic OH excluding ortho intramolecular Hbond substituents is 1. The number of hydrogen-bond acceptors (Lipinski definition) is 6. The van der Waals surface area contributed by atoms with Gasteiger partial charge in [-0.1, -0.05) is 55.3 Å². The first-order chi connectivity index (χ1) is 18.3. The number of rotatable bonds is 12. The largest absolute Gasteiger partial charge is 0.508 e.